The smallest absolute Gasteiger partial charge is 0.338 e. The van der Waals surface area contributed by atoms with Gasteiger partial charge >= 0.3 is 5.97 Å². The van der Waals surface area contributed by atoms with Crippen LogP contribution in [0.25, 0.3) is 11.1 Å². The van der Waals surface area contributed by atoms with Crippen LogP contribution in [0.1, 0.15) is 44.0 Å². The average molecular weight is 869 g/mol. The molecule has 2 heterocycles. The zero-order valence-electron chi connectivity index (χ0n) is 34.6. The van der Waals surface area contributed by atoms with Crippen LogP contribution >= 0.6 is 0 Å². The zero-order valence-corrected chi connectivity index (χ0v) is 34.6. The van der Waals surface area contributed by atoms with Crippen molar-refractivity contribution in [3.63, 3.8) is 0 Å². The molecule has 0 radical (unpaired) electrons. The SMILES string of the molecule is CCCCOC(=O)c1cc(OCC(=O)NCCOCCO[C@@H]2O[C@@H](C)[C@H](O)[C@@H](O)[C@H]2O)cc(-c2ccc(OCC(=O)NCCOCCO[C@@H]3O[C@@H](C)[C@H](O)[C@@H](O)[C@H]3O)cc2)c1. The van der Waals surface area contributed by atoms with E-state index in [9.17, 15) is 45.0 Å². The van der Waals surface area contributed by atoms with Gasteiger partial charge in [-0.05, 0) is 61.7 Å². The van der Waals surface area contributed by atoms with E-state index in [0.717, 1.165) is 6.42 Å². The van der Waals surface area contributed by atoms with Crippen LogP contribution < -0.4 is 20.1 Å². The summed E-state index contributed by atoms with van der Waals surface area (Å²) < 4.78 is 49.2. The lowest BCUT2D eigenvalue weighted by atomic mass is 10.0. The number of unbranched alkanes of at least 4 members (excludes halogenated alkanes) is 1. The lowest BCUT2D eigenvalue weighted by Crippen LogP contribution is -2.57. The van der Waals surface area contributed by atoms with Gasteiger partial charge in [0.2, 0.25) is 0 Å². The van der Waals surface area contributed by atoms with Gasteiger partial charge in [0.25, 0.3) is 11.8 Å². The second-order valence-corrected chi connectivity index (χ2v) is 14.4. The van der Waals surface area contributed by atoms with E-state index in [1.54, 1.807) is 50.2 Å². The van der Waals surface area contributed by atoms with E-state index in [1.165, 1.54) is 6.07 Å². The summed E-state index contributed by atoms with van der Waals surface area (Å²) in [5.74, 6) is -0.698. The van der Waals surface area contributed by atoms with Gasteiger partial charge in [-0.25, -0.2) is 4.79 Å². The fourth-order valence-electron chi connectivity index (χ4n) is 5.98. The number of aliphatic hydroxyl groups is 6. The second kappa shape index (κ2) is 25.8. The number of amides is 2. The summed E-state index contributed by atoms with van der Waals surface area (Å²) in [6, 6.07) is 11.6. The van der Waals surface area contributed by atoms with Crippen LogP contribution in [0.2, 0.25) is 0 Å². The summed E-state index contributed by atoms with van der Waals surface area (Å²) in [5.41, 5.74) is 1.52. The van der Waals surface area contributed by atoms with E-state index in [1.807, 2.05) is 6.92 Å². The zero-order chi connectivity index (χ0) is 44.3. The van der Waals surface area contributed by atoms with Crippen molar-refractivity contribution >= 4 is 17.8 Å². The molecule has 342 valence electrons. The number of benzene rings is 2. The highest BCUT2D eigenvalue weighted by Crippen LogP contribution is 2.29. The van der Waals surface area contributed by atoms with Gasteiger partial charge in [-0.1, -0.05) is 25.5 Å². The Morgan fingerprint density at radius 2 is 1.10 bits per heavy atom. The van der Waals surface area contributed by atoms with Crippen LogP contribution in [0.15, 0.2) is 42.5 Å². The number of esters is 1. The second-order valence-electron chi connectivity index (χ2n) is 14.4. The van der Waals surface area contributed by atoms with Crippen molar-refractivity contribution in [2.45, 2.75) is 95.0 Å². The van der Waals surface area contributed by atoms with Crippen molar-refractivity contribution in [1.82, 2.24) is 10.6 Å². The molecule has 2 aromatic rings. The van der Waals surface area contributed by atoms with Gasteiger partial charge in [0.05, 0.1) is 64.0 Å². The van der Waals surface area contributed by atoms with Crippen LogP contribution in [0.3, 0.4) is 0 Å². The first kappa shape index (κ1) is 49.6. The molecule has 20 heteroatoms. The maximum Gasteiger partial charge on any atom is 0.338 e. The van der Waals surface area contributed by atoms with Gasteiger partial charge in [0.15, 0.2) is 25.8 Å². The third-order valence-electron chi connectivity index (χ3n) is 9.57. The van der Waals surface area contributed by atoms with Crippen LogP contribution in [0, 0.1) is 0 Å². The summed E-state index contributed by atoms with van der Waals surface area (Å²) in [7, 11) is 0. The molecule has 0 unspecified atom stereocenters. The number of hydrogen-bond acceptors (Lipinski definition) is 18. The molecule has 0 saturated carbocycles. The first-order chi connectivity index (χ1) is 29.3. The Kier molecular flexibility index (Phi) is 21.0. The van der Waals surface area contributed by atoms with Crippen molar-refractivity contribution < 1.29 is 87.7 Å². The Bertz CT molecular complexity index is 1630. The summed E-state index contributed by atoms with van der Waals surface area (Å²) in [6.45, 7) is 5.72. The third-order valence-corrected chi connectivity index (χ3v) is 9.57. The molecule has 0 bridgehead atoms. The van der Waals surface area contributed by atoms with E-state index < -0.39 is 73.3 Å². The molecule has 2 fully saturated rings. The minimum absolute atomic E-state index is 0.0325. The molecule has 2 aliphatic rings. The fourth-order valence-corrected chi connectivity index (χ4v) is 5.98. The van der Waals surface area contributed by atoms with Crippen LogP contribution in [0.5, 0.6) is 11.5 Å². The lowest BCUT2D eigenvalue weighted by Gasteiger charge is -2.38. The molecule has 0 spiro atoms. The van der Waals surface area contributed by atoms with E-state index in [0.29, 0.717) is 23.3 Å². The monoisotopic (exact) mass is 868 g/mol. The summed E-state index contributed by atoms with van der Waals surface area (Å²) in [4.78, 5) is 37.8. The minimum atomic E-state index is -1.41. The quantitative estimate of drug-likeness (QED) is 0.0440. The lowest BCUT2D eigenvalue weighted by molar-refractivity contribution is -0.294. The molecule has 2 aromatic carbocycles. The number of nitrogens with one attached hydrogen (secondary N) is 2. The molecule has 10 atom stereocenters. The Morgan fingerprint density at radius 1 is 0.590 bits per heavy atom. The number of aliphatic hydroxyl groups excluding tert-OH is 6. The standard InChI is InChI=1S/C41H60N2O18/c1-4-5-12-55-39(52)28-19-27(20-30(21-28)59-23-32(45)43-11-14-54-16-18-57-41-38(51)36(49)34(47)25(3)61-41)26-6-8-29(9-7-26)58-22-31(44)42-10-13-53-15-17-56-40-37(50)35(48)33(46)24(2)60-40/h6-9,19-21,24-25,33-38,40-41,46-51H,4-5,10-18,22-23H2,1-3H3,(H,42,44)(H,43,45)/t24-,25-,33-,34-,35+,36+,37+,38+,40+,41+/m0/s1. The summed E-state index contributed by atoms with van der Waals surface area (Å²) in [5, 5.41) is 64.7. The maximum atomic E-state index is 12.9. The number of carbonyl (C=O) groups is 3. The van der Waals surface area contributed by atoms with Gasteiger partial charge in [-0.3, -0.25) is 9.59 Å². The molecule has 20 nitrogen and oxygen atoms in total. The predicted molar refractivity (Wildman–Crippen MR) is 212 cm³/mol. The highest BCUT2D eigenvalue weighted by molar-refractivity contribution is 5.92. The molecule has 2 aliphatic heterocycles. The molecule has 0 aliphatic carbocycles. The fraction of sp³-hybridized carbons (Fsp3) is 0.634. The van der Waals surface area contributed by atoms with Crippen molar-refractivity contribution in [1.29, 1.82) is 0 Å². The Balaban J connectivity index is 1.17. The first-order valence-corrected chi connectivity index (χ1v) is 20.3. The van der Waals surface area contributed by atoms with Gasteiger partial charge in [-0.2, -0.15) is 0 Å². The molecule has 2 saturated heterocycles. The van der Waals surface area contributed by atoms with Crippen molar-refractivity contribution in [2.24, 2.45) is 0 Å². The summed E-state index contributed by atoms with van der Waals surface area (Å²) >= 11 is 0. The van der Waals surface area contributed by atoms with E-state index in [4.69, 9.17) is 42.6 Å². The molecule has 61 heavy (non-hydrogen) atoms. The largest absolute Gasteiger partial charge is 0.484 e. The summed E-state index contributed by atoms with van der Waals surface area (Å²) in [6.07, 6.45) is -10.2. The highest BCUT2D eigenvalue weighted by atomic mass is 16.7. The van der Waals surface area contributed by atoms with Crippen LogP contribution in [-0.4, -0.2) is 182 Å². The van der Waals surface area contributed by atoms with Crippen molar-refractivity contribution in [3.8, 4) is 22.6 Å². The van der Waals surface area contributed by atoms with Crippen molar-refractivity contribution in [2.75, 3.05) is 72.6 Å². The first-order valence-electron chi connectivity index (χ1n) is 20.3. The third kappa shape index (κ3) is 16.0. The Morgan fingerprint density at radius 3 is 1.61 bits per heavy atom. The molecular formula is C41H60N2O18. The molecule has 8 N–H and O–H groups in total. The van der Waals surface area contributed by atoms with E-state index in [-0.39, 0.29) is 89.8 Å². The molecule has 0 aromatic heterocycles. The van der Waals surface area contributed by atoms with Crippen LogP contribution in [-0.2, 0) is 42.7 Å². The van der Waals surface area contributed by atoms with E-state index in [2.05, 4.69) is 10.6 Å². The van der Waals surface area contributed by atoms with Crippen molar-refractivity contribution in [3.05, 3.63) is 48.0 Å². The van der Waals surface area contributed by atoms with Crippen LogP contribution in [0.4, 0.5) is 0 Å². The van der Waals surface area contributed by atoms with Gasteiger partial charge in [0, 0.05) is 13.1 Å². The average Bonchev–Trinajstić information content (AvgIpc) is 3.26. The normalized spacial score (nSPS) is 26.3. The number of hydrogen-bond donors (Lipinski definition) is 8. The molecule has 4 rings (SSSR count). The minimum Gasteiger partial charge on any atom is -0.484 e. The van der Waals surface area contributed by atoms with E-state index >= 15 is 0 Å². The number of rotatable bonds is 25. The highest BCUT2D eigenvalue weighted by Gasteiger charge is 2.43. The number of carbonyl (C=O) groups excluding carboxylic acids is 3. The molecule has 2 amide bonds. The topological polar surface area (TPSA) is 280 Å². The van der Waals surface area contributed by atoms with Gasteiger partial charge < -0.3 is 83.9 Å². The Labute approximate surface area is 353 Å². The molecular weight excluding hydrogens is 808 g/mol. The van der Waals surface area contributed by atoms with Gasteiger partial charge in [0.1, 0.15) is 48.1 Å². The Hall–Kier alpha value is -4.03. The van der Waals surface area contributed by atoms with Gasteiger partial charge in [-0.15, -0.1) is 0 Å². The number of ether oxygens (including phenoxy) is 9. The maximum absolute atomic E-state index is 12.9. The predicted octanol–water partition coefficient (Wildman–Crippen LogP) is -0.978.